The molecule has 10 heteroatoms. The molecule has 0 aromatic carbocycles. The van der Waals surface area contributed by atoms with E-state index in [4.69, 9.17) is 17.3 Å². The number of carbonyl (C=O) groups excluding carboxylic acids is 6. The SMILES string of the molecule is CCCCCC(=O)CC(=O)[C@H](CC)N1CCCC1=O.CCCCCC(=O)Cl.CC[C@@H](C(N)=O)N1CCCC1=O. The highest BCUT2D eigenvalue weighted by Gasteiger charge is 2.32. The van der Waals surface area contributed by atoms with Gasteiger partial charge in [0.15, 0.2) is 5.78 Å². The second-order valence-corrected chi connectivity index (χ2v) is 10.5. The van der Waals surface area contributed by atoms with Crippen LogP contribution in [0.4, 0.5) is 0 Å². The number of nitrogens with two attached hydrogens (primary N) is 1. The molecule has 0 spiro atoms. The number of likely N-dealkylation sites (tertiary alicyclic amines) is 2. The number of Topliss-reactive ketones (excluding diaryl/α,β-unsaturated/α-hetero) is 2. The van der Waals surface area contributed by atoms with E-state index in [-0.39, 0.29) is 47.1 Å². The fourth-order valence-electron chi connectivity index (χ4n) is 4.68. The highest BCUT2D eigenvalue weighted by molar-refractivity contribution is 6.63. The molecule has 0 radical (unpaired) electrons. The number of unbranched alkanes of at least 4 members (excludes halogenated alkanes) is 4. The predicted octanol–water partition coefficient (Wildman–Crippen LogP) is 4.70. The first-order chi connectivity index (χ1) is 18.5. The Bertz CT molecular complexity index is 804. The lowest BCUT2D eigenvalue weighted by Crippen LogP contribution is -2.44. The number of amides is 3. The van der Waals surface area contributed by atoms with Gasteiger partial charge in [0, 0.05) is 38.8 Å². The molecule has 0 aromatic heterocycles. The van der Waals surface area contributed by atoms with Crippen LogP contribution in [-0.2, 0) is 28.8 Å². The van der Waals surface area contributed by atoms with Gasteiger partial charge < -0.3 is 15.5 Å². The Morgan fingerprint density at radius 3 is 1.59 bits per heavy atom. The Hall–Kier alpha value is -2.29. The molecule has 9 nitrogen and oxygen atoms in total. The quantitative estimate of drug-likeness (QED) is 0.162. The third-order valence-corrected chi connectivity index (χ3v) is 7.04. The van der Waals surface area contributed by atoms with Crippen LogP contribution >= 0.6 is 11.6 Å². The summed E-state index contributed by atoms with van der Waals surface area (Å²) >= 11 is 5.07. The van der Waals surface area contributed by atoms with Crippen molar-refractivity contribution in [3.63, 3.8) is 0 Å². The molecule has 0 unspecified atom stereocenters. The molecule has 3 amide bonds. The van der Waals surface area contributed by atoms with Gasteiger partial charge in [-0.1, -0.05) is 53.4 Å². The molecule has 2 aliphatic heterocycles. The van der Waals surface area contributed by atoms with Gasteiger partial charge in [0.25, 0.3) is 0 Å². The number of carbonyl (C=O) groups is 6. The van der Waals surface area contributed by atoms with Crippen LogP contribution in [0.25, 0.3) is 0 Å². The molecule has 2 fully saturated rings. The molecule has 2 atom stereocenters. The van der Waals surface area contributed by atoms with E-state index in [1.807, 2.05) is 13.8 Å². The van der Waals surface area contributed by atoms with E-state index >= 15 is 0 Å². The molecule has 2 saturated heterocycles. The highest BCUT2D eigenvalue weighted by Crippen LogP contribution is 2.18. The van der Waals surface area contributed by atoms with Crippen LogP contribution in [0.3, 0.4) is 0 Å². The summed E-state index contributed by atoms with van der Waals surface area (Å²) in [5, 5.41) is -0.210. The normalized spacial score (nSPS) is 16.1. The summed E-state index contributed by atoms with van der Waals surface area (Å²) in [6, 6.07) is -0.773. The highest BCUT2D eigenvalue weighted by atomic mass is 35.5. The molecular weight excluding hydrogens is 522 g/mol. The fraction of sp³-hybridized carbons (Fsp3) is 0.793. The first kappa shape index (κ1) is 36.7. The van der Waals surface area contributed by atoms with Crippen molar-refractivity contribution in [3.05, 3.63) is 0 Å². The molecule has 2 heterocycles. The summed E-state index contributed by atoms with van der Waals surface area (Å²) in [5.41, 5.74) is 5.16. The minimum Gasteiger partial charge on any atom is -0.368 e. The Balaban J connectivity index is 0.000000616. The van der Waals surface area contributed by atoms with Crippen molar-refractivity contribution in [3.8, 4) is 0 Å². The van der Waals surface area contributed by atoms with Crippen LogP contribution in [0.2, 0.25) is 0 Å². The number of ketones is 2. The monoisotopic (exact) mass is 571 g/mol. The first-order valence-electron chi connectivity index (χ1n) is 14.6. The van der Waals surface area contributed by atoms with Crippen LogP contribution in [-0.4, -0.2) is 69.5 Å². The molecule has 224 valence electrons. The third kappa shape index (κ3) is 15.2. The van der Waals surface area contributed by atoms with E-state index in [9.17, 15) is 28.8 Å². The molecule has 2 N–H and O–H groups in total. The van der Waals surface area contributed by atoms with Gasteiger partial charge in [-0.05, 0) is 50.1 Å². The minimum absolute atomic E-state index is 0.00794. The molecule has 2 aliphatic rings. The summed E-state index contributed by atoms with van der Waals surface area (Å²) in [7, 11) is 0. The van der Waals surface area contributed by atoms with Crippen molar-refractivity contribution in [2.24, 2.45) is 5.73 Å². The van der Waals surface area contributed by atoms with Gasteiger partial charge in [0.05, 0.1) is 12.5 Å². The van der Waals surface area contributed by atoms with Crippen LogP contribution in [0.1, 0.15) is 124 Å². The molecule has 0 bridgehead atoms. The first-order valence-corrected chi connectivity index (χ1v) is 15.0. The average Bonchev–Trinajstić information content (AvgIpc) is 3.49. The lowest BCUT2D eigenvalue weighted by Gasteiger charge is -2.25. The Morgan fingerprint density at radius 2 is 1.23 bits per heavy atom. The summed E-state index contributed by atoms with van der Waals surface area (Å²) < 4.78 is 0. The summed E-state index contributed by atoms with van der Waals surface area (Å²) in [4.78, 5) is 70.9. The molecule has 0 saturated carbocycles. The maximum Gasteiger partial charge on any atom is 0.240 e. The van der Waals surface area contributed by atoms with Gasteiger partial charge in [-0.3, -0.25) is 28.8 Å². The van der Waals surface area contributed by atoms with Gasteiger partial charge in [-0.2, -0.15) is 0 Å². The predicted molar refractivity (Wildman–Crippen MR) is 153 cm³/mol. The van der Waals surface area contributed by atoms with Crippen molar-refractivity contribution < 1.29 is 28.8 Å². The third-order valence-electron chi connectivity index (χ3n) is 6.85. The zero-order valence-electron chi connectivity index (χ0n) is 24.5. The van der Waals surface area contributed by atoms with Crippen molar-refractivity contribution in [1.82, 2.24) is 9.80 Å². The lowest BCUT2D eigenvalue weighted by atomic mass is 10.0. The number of hydrogen-bond donors (Lipinski definition) is 1. The van der Waals surface area contributed by atoms with Gasteiger partial charge in [0.2, 0.25) is 23.0 Å². The zero-order chi connectivity index (χ0) is 29.8. The van der Waals surface area contributed by atoms with Crippen molar-refractivity contribution >= 4 is 46.1 Å². The molecule has 39 heavy (non-hydrogen) atoms. The zero-order valence-corrected chi connectivity index (χ0v) is 25.2. The van der Waals surface area contributed by atoms with E-state index < -0.39 is 5.91 Å². The van der Waals surface area contributed by atoms with E-state index in [1.165, 1.54) is 0 Å². The minimum atomic E-state index is -0.396. The maximum atomic E-state index is 12.1. The molecule has 0 aromatic rings. The second kappa shape index (κ2) is 21.5. The molecule has 0 aliphatic carbocycles. The van der Waals surface area contributed by atoms with Gasteiger partial charge in [0.1, 0.15) is 11.8 Å². The van der Waals surface area contributed by atoms with Crippen LogP contribution < -0.4 is 5.73 Å². The van der Waals surface area contributed by atoms with Gasteiger partial charge in [-0.25, -0.2) is 0 Å². The smallest absolute Gasteiger partial charge is 0.240 e. The van der Waals surface area contributed by atoms with E-state index in [2.05, 4.69) is 13.8 Å². The number of nitrogens with zero attached hydrogens (tertiary/aromatic N) is 2. The van der Waals surface area contributed by atoms with E-state index in [0.29, 0.717) is 51.6 Å². The maximum absolute atomic E-state index is 12.1. The summed E-state index contributed by atoms with van der Waals surface area (Å²) in [6.45, 7) is 9.28. The van der Waals surface area contributed by atoms with Crippen molar-refractivity contribution in [1.29, 1.82) is 0 Å². The Kier molecular flexibility index (Phi) is 20.3. The lowest BCUT2D eigenvalue weighted by molar-refractivity contribution is -0.138. The number of rotatable bonds is 16. The standard InChI is InChI=1S/C15H25NO3.C8H14N2O2.C6H11ClO/c1-3-5-6-8-12(17)11-14(18)13(4-2)16-10-7-9-15(16)19;1-2-6(8(9)12)10-5-3-4-7(10)11;1-2-3-4-5-6(7)8/h13H,3-11H2,1-2H3;6H,2-5H2,1H3,(H2,9,12);2-5H2,1H3/t13-;6-;/m00./s1. The van der Waals surface area contributed by atoms with E-state index in [1.54, 1.807) is 9.80 Å². The van der Waals surface area contributed by atoms with Crippen LogP contribution in [0, 0.1) is 0 Å². The van der Waals surface area contributed by atoms with Crippen molar-refractivity contribution in [2.45, 2.75) is 136 Å². The molecular formula is C29H50ClN3O6. The van der Waals surface area contributed by atoms with Gasteiger partial charge in [-0.15, -0.1) is 0 Å². The summed E-state index contributed by atoms with van der Waals surface area (Å²) in [6.07, 6.45) is 11.2. The molecule has 2 rings (SSSR count). The van der Waals surface area contributed by atoms with E-state index in [0.717, 1.165) is 51.4 Å². The second-order valence-electron chi connectivity index (χ2n) is 10.1. The fourth-order valence-corrected chi connectivity index (χ4v) is 4.81. The Labute approximate surface area is 239 Å². The topological polar surface area (TPSA) is 135 Å². The summed E-state index contributed by atoms with van der Waals surface area (Å²) in [5.74, 6) is -0.352. The number of halogens is 1. The van der Waals surface area contributed by atoms with Crippen LogP contribution in [0.15, 0.2) is 0 Å². The average molecular weight is 572 g/mol. The Morgan fingerprint density at radius 1 is 0.769 bits per heavy atom. The van der Waals surface area contributed by atoms with Crippen LogP contribution in [0.5, 0.6) is 0 Å². The largest absolute Gasteiger partial charge is 0.368 e. The number of hydrogen-bond acceptors (Lipinski definition) is 6. The van der Waals surface area contributed by atoms with Gasteiger partial charge >= 0.3 is 0 Å². The number of primary amides is 1. The van der Waals surface area contributed by atoms with Crippen molar-refractivity contribution in [2.75, 3.05) is 13.1 Å².